The Labute approximate surface area is 112 Å². The van der Waals surface area contributed by atoms with Crippen LogP contribution in [0, 0.1) is 5.92 Å². The predicted octanol–water partition coefficient (Wildman–Crippen LogP) is 2.85. The van der Waals surface area contributed by atoms with E-state index in [1.807, 2.05) is 19.1 Å². The summed E-state index contributed by atoms with van der Waals surface area (Å²) in [6, 6.07) is 7.10. The molecule has 98 valence electrons. The molecule has 0 aliphatic carbocycles. The van der Waals surface area contributed by atoms with Crippen LogP contribution in [0.25, 0.3) is 0 Å². The number of alkyl halides is 1. The van der Waals surface area contributed by atoms with E-state index in [0.717, 1.165) is 12.0 Å². The first-order valence-electron chi connectivity index (χ1n) is 5.88. The highest BCUT2D eigenvalue weighted by atomic mass is 35.5. The smallest absolute Gasteiger partial charge is 0.337 e. The first-order valence-corrected chi connectivity index (χ1v) is 6.41. The highest BCUT2D eigenvalue weighted by Crippen LogP contribution is 2.15. The van der Waals surface area contributed by atoms with Gasteiger partial charge in [-0.3, -0.25) is 4.79 Å². The number of halogens is 1. The molecule has 1 aromatic rings. The Balaban J connectivity index is 2.73. The van der Waals surface area contributed by atoms with Crippen LogP contribution in [0.1, 0.15) is 29.3 Å². The Bertz CT molecular complexity index is 412. The first-order chi connectivity index (χ1) is 8.62. The van der Waals surface area contributed by atoms with Crippen molar-refractivity contribution in [1.29, 1.82) is 0 Å². The molecule has 18 heavy (non-hydrogen) atoms. The molecule has 0 unspecified atom stereocenters. The molecular formula is C14H17ClO3. The second-order valence-electron chi connectivity index (χ2n) is 4.10. The Morgan fingerprint density at radius 3 is 2.33 bits per heavy atom. The highest BCUT2D eigenvalue weighted by molar-refractivity contribution is 6.27. The van der Waals surface area contributed by atoms with Gasteiger partial charge < -0.3 is 4.74 Å². The second-order valence-corrected chi connectivity index (χ2v) is 4.37. The summed E-state index contributed by atoms with van der Waals surface area (Å²) in [5.41, 5.74) is 1.53. The van der Waals surface area contributed by atoms with Crippen molar-refractivity contribution < 1.29 is 14.3 Å². The largest absolute Gasteiger partial charge is 0.465 e. The summed E-state index contributed by atoms with van der Waals surface area (Å²) in [6.45, 7) is 1.97. The molecule has 0 aliphatic rings. The summed E-state index contributed by atoms with van der Waals surface area (Å²) in [7, 11) is 1.35. The van der Waals surface area contributed by atoms with Gasteiger partial charge in [0.05, 0.1) is 18.6 Å². The summed E-state index contributed by atoms with van der Waals surface area (Å²) in [5.74, 6) is -0.285. The number of rotatable bonds is 6. The lowest BCUT2D eigenvalue weighted by Crippen LogP contribution is -2.17. The molecule has 0 N–H and O–H groups in total. The zero-order valence-corrected chi connectivity index (χ0v) is 11.4. The lowest BCUT2D eigenvalue weighted by atomic mass is 9.93. The van der Waals surface area contributed by atoms with Crippen LogP contribution in [0.4, 0.5) is 0 Å². The van der Waals surface area contributed by atoms with Gasteiger partial charge in [0.15, 0.2) is 5.78 Å². The number of hydrogen-bond donors (Lipinski definition) is 0. The minimum absolute atomic E-state index is 0.0496. The van der Waals surface area contributed by atoms with E-state index in [1.54, 1.807) is 12.1 Å². The molecule has 0 saturated heterocycles. The number of ketones is 1. The van der Waals surface area contributed by atoms with Crippen LogP contribution < -0.4 is 0 Å². The molecule has 0 bridgehead atoms. The summed E-state index contributed by atoms with van der Waals surface area (Å²) >= 11 is 5.57. The predicted molar refractivity (Wildman–Crippen MR) is 71.0 cm³/mol. The third-order valence-electron chi connectivity index (χ3n) is 2.94. The number of ether oxygens (including phenoxy) is 1. The van der Waals surface area contributed by atoms with Gasteiger partial charge in [0.25, 0.3) is 0 Å². The van der Waals surface area contributed by atoms with Gasteiger partial charge in [-0.05, 0) is 30.5 Å². The third-order valence-corrected chi connectivity index (χ3v) is 3.20. The van der Waals surface area contributed by atoms with Crippen LogP contribution in [0.5, 0.6) is 0 Å². The Morgan fingerprint density at radius 2 is 1.89 bits per heavy atom. The molecule has 0 aliphatic heterocycles. The van der Waals surface area contributed by atoms with Crippen LogP contribution in [0.3, 0.4) is 0 Å². The average Bonchev–Trinajstić information content (AvgIpc) is 2.43. The first kappa shape index (κ1) is 14.7. The van der Waals surface area contributed by atoms with Crippen molar-refractivity contribution in [1.82, 2.24) is 0 Å². The van der Waals surface area contributed by atoms with Crippen LogP contribution in [-0.4, -0.2) is 24.7 Å². The average molecular weight is 269 g/mol. The summed E-state index contributed by atoms with van der Waals surface area (Å²) < 4.78 is 4.62. The van der Waals surface area contributed by atoms with Gasteiger partial charge in [-0.1, -0.05) is 19.1 Å². The molecular weight excluding hydrogens is 252 g/mol. The van der Waals surface area contributed by atoms with Gasteiger partial charge in [0, 0.05) is 5.92 Å². The second kappa shape index (κ2) is 7.17. The topological polar surface area (TPSA) is 43.4 Å². The van der Waals surface area contributed by atoms with E-state index < -0.39 is 0 Å². The quantitative estimate of drug-likeness (QED) is 0.589. The van der Waals surface area contributed by atoms with E-state index in [9.17, 15) is 9.59 Å². The van der Waals surface area contributed by atoms with Crippen molar-refractivity contribution >= 4 is 23.4 Å². The van der Waals surface area contributed by atoms with Gasteiger partial charge in [0.2, 0.25) is 0 Å². The fraction of sp³-hybridized carbons (Fsp3) is 0.429. The highest BCUT2D eigenvalue weighted by Gasteiger charge is 2.16. The Morgan fingerprint density at radius 1 is 1.28 bits per heavy atom. The normalized spacial score (nSPS) is 11.9. The fourth-order valence-electron chi connectivity index (χ4n) is 1.77. The molecule has 0 spiro atoms. The molecule has 0 aromatic heterocycles. The zero-order chi connectivity index (χ0) is 13.5. The molecule has 3 nitrogen and oxygen atoms in total. The number of carbonyl (C=O) groups excluding carboxylic acids is 2. The van der Waals surface area contributed by atoms with E-state index in [4.69, 9.17) is 11.6 Å². The van der Waals surface area contributed by atoms with Crippen molar-refractivity contribution in [2.24, 2.45) is 5.92 Å². The van der Waals surface area contributed by atoms with E-state index in [0.29, 0.717) is 12.0 Å². The maximum Gasteiger partial charge on any atom is 0.337 e. The molecule has 4 heteroatoms. The Hall–Kier alpha value is -1.35. The zero-order valence-electron chi connectivity index (χ0n) is 10.6. The molecule has 0 amide bonds. The van der Waals surface area contributed by atoms with E-state index >= 15 is 0 Å². The lowest BCUT2D eigenvalue weighted by Gasteiger charge is -2.12. The molecule has 1 aromatic carbocycles. The van der Waals surface area contributed by atoms with Gasteiger partial charge in [0.1, 0.15) is 0 Å². The monoisotopic (exact) mass is 268 g/mol. The number of hydrogen-bond acceptors (Lipinski definition) is 3. The van der Waals surface area contributed by atoms with Gasteiger partial charge >= 0.3 is 5.97 Å². The number of methoxy groups -OCH3 is 1. The SMILES string of the molecule is CC[C@H](Cc1ccc(C(=O)OC)cc1)C(=O)CCl. The van der Waals surface area contributed by atoms with Crippen LogP contribution >= 0.6 is 11.6 Å². The minimum Gasteiger partial charge on any atom is -0.465 e. The van der Waals surface area contributed by atoms with Crippen LogP contribution in [0.15, 0.2) is 24.3 Å². The van der Waals surface area contributed by atoms with Crippen molar-refractivity contribution in [3.05, 3.63) is 35.4 Å². The van der Waals surface area contributed by atoms with Crippen molar-refractivity contribution in [2.75, 3.05) is 13.0 Å². The lowest BCUT2D eigenvalue weighted by molar-refractivity contribution is -0.120. The minimum atomic E-state index is -0.356. The summed E-state index contributed by atoms with van der Waals surface area (Å²) in [6.07, 6.45) is 1.42. The standard InChI is InChI=1S/C14H17ClO3/c1-3-11(13(16)9-15)8-10-4-6-12(7-5-10)14(17)18-2/h4-7,11H,3,8-9H2,1-2H3/t11-/m1/s1. The summed E-state index contributed by atoms with van der Waals surface area (Å²) in [5, 5.41) is 0. The maximum absolute atomic E-state index is 11.6. The van der Waals surface area contributed by atoms with Crippen molar-refractivity contribution in [3.8, 4) is 0 Å². The third kappa shape index (κ3) is 3.84. The van der Waals surface area contributed by atoms with Gasteiger partial charge in [-0.25, -0.2) is 4.79 Å². The van der Waals surface area contributed by atoms with Gasteiger partial charge in [-0.15, -0.1) is 11.6 Å². The molecule has 1 atom stereocenters. The van der Waals surface area contributed by atoms with E-state index in [2.05, 4.69) is 4.74 Å². The van der Waals surface area contributed by atoms with Crippen LogP contribution in [0.2, 0.25) is 0 Å². The number of esters is 1. The van der Waals surface area contributed by atoms with Crippen molar-refractivity contribution in [2.45, 2.75) is 19.8 Å². The molecule has 0 radical (unpaired) electrons. The van der Waals surface area contributed by atoms with E-state index in [1.165, 1.54) is 7.11 Å². The molecule has 0 fully saturated rings. The maximum atomic E-state index is 11.6. The fourth-order valence-corrected chi connectivity index (χ4v) is 1.99. The summed E-state index contributed by atoms with van der Waals surface area (Å²) in [4.78, 5) is 22.8. The van der Waals surface area contributed by atoms with Gasteiger partial charge in [-0.2, -0.15) is 0 Å². The van der Waals surface area contributed by atoms with Crippen molar-refractivity contribution in [3.63, 3.8) is 0 Å². The molecule has 1 rings (SSSR count). The van der Waals surface area contributed by atoms with Crippen LogP contribution in [-0.2, 0) is 16.0 Å². The number of carbonyl (C=O) groups is 2. The molecule has 0 saturated carbocycles. The number of Topliss-reactive ketones (excluding diaryl/α,β-unsaturated/α-hetero) is 1. The molecule has 0 heterocycles. The van der Waals surface area contributed by atoms with E-state index in [-0.39, 0.29) is 23.6 Å². The number of benzene rings is 1. The Kier molecular flexibility index (Phi) is 5.86.